The van der Waals surface area contributed by atoms with Crippen molar-refractivity contribution in [2.75, 3.05) is 5.32 Å². The van der Waals surface area contributed by atoms with E-state index in [1.165, 1.54) is 34.8 Å². The number of rotatable bonds is 6. The standard InChI is InChI=1S/C21H18F2N4OS2/c1-12-3-4-13(2)27(12)21-25-15(11-29-21)9-19(28)26-20-24-10-16(30-20)7-14-5-6-17(22)18(23)8-14/h3-6,8,10-11H,7,9H2,1-2H3,(H,24,26,28). The summed E-state index contributed by atoms with van der Waals surface area (Å²) < 4.78 is 28.5. The summed E-state index contributed by atoms with van der Waals surface area (Å²) in [6, 6.07) is 7.87. The normalized spacial score (nSPS) is 11.1. The van der Waals surface area contributed by atoms with Crippen molar-refractivity contribution >= 4 is 33.7 Å². The fourth-order valence-electron chi connectivity index (χ4n) is 3.08. The average molecular weight is 445 g/mol. The number of halogens is 2. The van der Waals surface area contributed by atoms with Crippen LogP contribution in [0.5, 0.6) is 0 Å². The van der Waals surface area contributed by atoms with Gasteiger partial charge in [-0.3, -0.25) is 9.36 Å². The first-order valence-electron chi connectivity index (χ1n) is 9.17. The molecule has 3 aromatic heterocycles. The van der Waals surface area contributed by atoms with Gasteiger partial charge in [0.1, 0.15) is 0 Å². The van der Waals surface area contributed by atoms with E-state index in [0.717, 1.165) is 27.5 Å². The van der Waals surface area contributed by atoms with Gasteiger partial charge in [-0.05, 0) is 43.7 Å². The molecule has 154 valence electrons. The molecule has 4 aromatic rings. The van der Waals surface area contributed by atoms with Crippen molar-refractivity contribution < 1.29 is 13.6 Å². The Morgan fingerprint density at radius 3 is 2.63 bits per heavy atom. The van der Waals surface area contributed by atoms with E-state index < -0.39 is 11.6 Å². The zero-order chi connectivity index (χ0) is 21.3. The lowest BCUT2D eigenvalue weighted by Gasteiger charge is -2.04. The van der Waals surface area contributed by atoms with Crippen LogP contribution in [0.4, 0.5) is 13.9 Å². The maximum atomic E-state index is 13.4. The molecule has 1 N–H and O–H groups in total. The highest BCUT2D eigenvalue weighted by atomic mass is 32.1. The number of aryl methyl sites for hydroxylation is 2. The van der Waals surface area contributed by atoms with Crippen molar-refractivity contribution in [1.82, 2.24) is 14.5 Å². The first-order chi connectivity index (χ1) is 14.4. The Labute approximate surface area is 180 Å². The van der Waals surface area contributed by atoms with Crippen molar-refractivity contribution in [1.29, 1.82) is 0 Å². The van der Waals surface area contributed by atoms with E-state index in [2.05, 4.69) is 19.9 Å². The summed E-state index contributed by atoms with van der Waals surface area (Å²) in [5, 5.41) is 5.95. The Kier molecular flexibility index (Phi) is 5.74. The van der Waals surface area contributed by atoms with Crippen LogP contribution in [0.15, 0.2) is 41.9 Å². The van der Waals surface area contributed by atoms with Crippen LogP contribution in [0.25, 0.3) is 5.13 Å². The molecule has 0 unspecified atom stereocenters. The Bertz CT molecular complexity index is 1190. The quantitative estimate of drug-likeness (QED) is 0.452. The number of nitrogens with zero attached hydrogens (tertiary/aromatic N) is 3. The molecule has 3 heterocycles. The highest BCUT2D eigenvalue weighted by molar-refractivity contribution is 7.15. The third-order valence-corrected chi connectivity index (χ3v) is 6.29. The number of hydrogen-bond acceptors (Lipinski definition) is 5. The summed E-state index contributed by atoms with van der Waals surface area (Å²) in [5.74, 6) is -1.96. The van der Waals surface area contributed by atoms with Crippen LogP contribution in [0, 0.1) is 25.5 Å². The van der Waals surface area contributed by atoms with E-state index in [-0.39, 0.29) is 12.3 Å². The van der Waals surface area contributed by atoms with Gasteiger partial charge < -0.3 is 5.32 Å². The molecule has 0 aliphatic heterocycles. The third-order valence-electron chi connectivity index (χ3n) is 4.51. The molecular weight excluding hydrogens is 426 g/mol. The van der Waals surface area contributed by atoms with Crippen LogP contribution in [0.2, 0.25) is 0 Å². The van der Waals surface area contributed by atoms with Crippen molar-refractivity contribution in [2.24, 2.45) is 0 Å². The maximum absolute atomic E-state index is 13.4. The number of carbonyl (C=O) groups is 1. The summed E-state index contributed by atoms with van der Waals surface area (Å²) in [4.78, 5) is 22.0. The molecule has 9 heteroatoms. The predicted octanol–water partition coefficient (Wildman–Crippen LogP) is 5.06. The molecule has 0 bridgehead atoms. The van der Waals surface area contributed by atoms with E-state index in [4.69, 9.17) is 0 Å². The van der Waals surface area contributed by atoms with Gasteiger partial charge in [0.15, 0.2) is 21.9 Å². The Hall–Kier alpha value is -2.91. The largest absolute Gasteiger partial charge is 0.302 e. The fraction of sp³-hybridized carbons (Fsp3) is 0.190. The zero-order valence-corrected chi connectivity index (χ0v) is 17.9. The van der Waals surface area contributed by atoms with Crippen LogP contribution < -0.4 is 5.32 Å². The molecule has 1 aromatic carbocycles. The predicted molar refractivity (Wildman–Crippen MR) is 115 cm³/mol. The van der Waals surface area contributed by atoms with Gasteiger partial charge in [-0.2, -0.15) is 0 Å². The third kappa shape index (κ3) is 4.47. The smallest absolute Gasteiger partial charge is 0.232 e. The maximum Gasteiger partial charge on any atom is 0.232 e. The number of benzene rings is 1. The number of hydrogen-bond donors (Lipinski definition) is 1. The minimum Gasteiger partial charge on any atom is -0.302 e. The molecule has 4 rings (SSSR count). The summed E-state index contributed by atoms with van der Waals surface area (Å²) in [5.41, 5.74) is 3.52. The van der Waals surface area contributed by atoms with Gasteiger partial charge in [0.05, 0.1) is 12.1 Å². The highest BCUT2D eigenvalue weighted by Crippen LogP contribution is 2.23. The Morgan fingerprint density at radius 1 is 1.13 bits per heavy atom. The molecule has 0 atom stereocenters. The molecule has 0 saturated carbocycles. The minimum atomic E-state index is -0.876. The van der Waals surface area contributed by atoms with Crippen LogP contribution in [0.1, 0.15) is 27.5 Å². The topological polar surface area (TPSA) is 59.8 Å². The van der Waals surface area contributed by atoms with E-state index in [1.54, 1.807) is 6.20 Å². The van der Waals surface area contributed by atoms with Crippen molar-refractivity contribution in [3.8, 4) is 5.13 Å². The van der Waals surface area contributed by atoms with Gasteiger partial charge in [-0.15, -0.1) is 22.7 Å². The summed E-state index contributed by atoms with van der Waals surface area (Å²) in [6.45, 7) is 4.03. The van der Waals surface area contributed by atoms with Gasteiger partial charge in [0, 0.05) is 34.3 Å². The van der Waals surface area contributed by atoms with Crippen LogP contribution in [0.3, 0.4) is 0 Å². The Balaban J connectivity index is 1.37. The first kappa shape index (κ1) is 20.4. The second-order valence-corrected chi connectivity index (χ2v) is 8.81. The zero-order valence-electron chi connectivity index (χ0n) is 16.3. The lowest BCUT2D eigenvalue weighted by atomic mass is 10.1. The van der Waals surface area contributed by atoms with Crippen molar-refractivity contribution in [2.45, 2.75) is 26.7 Å². The summed E-state index contributed by atoms with van der Waals surface area (Å²) >= 11 is 2.80. The molecule has 0 aliphatic rings. The lowest BCUT2D eigenvalue weighted by Crippen LogP contribution is -2.14. The molecule has 1 amide bonds. The van der Waals surface area contributed by atoms with E-state index in [9.17, 15) is 13.6 Å². The first-order valence-corrected chi connectivity index (χ1v) is 10.9. The molecule has 0 radical (unpaired) electrons. The highest BCUT2D eigenvalue weighted by Gasteiger charge is 2.13. The Morgan fingerprint density at radius 2 is 1.90 bits per heavy atom. The molecule has 30 heavy (non-hydrogen) atoms. The van der Waals surface area contributed by atoms with Gasteiger partial charge in [-0.25, -0.2) is 18.7 Å². The second kappa shape index (κ2) is 8.45. The molecule has 0 aliphatic carbocycles. The average Bonchev–Trinajstić information content (AvgIpc) is 3.40. The summed E-state index contributed by atoms with van der Waals surface area (Å²) in [7, 11) is 0. The van der Waals surface area contributed by atoms with Gasteiger partial charge in [0.25, 0.3) is 0 Å². The van der Waals surface area contributed by atoms with Crippen LogP contribution in [-0.4, -0.2) is 20.4 Å². The number of carbonyl (C=O) groups excluding carboxylic acids is 1. The monoisotopic (exact) mass is 444 g/mol. The minimum absolute atomic E-state index is 0.147. The second-order valence-electron chi connectivity index (χ2n) is 6.85. The van der Waals surface area contributed by atoms with E-state index >= 15 is 0 Å². The van der Waals surface area contributed by atoms with E-state index in [1.807, 2.05) is 31.4 Å². The van der Waals surface area contributed by atoms with Crippen LogP contribution >= 0.6 is 22.7 Å². The van der Waals surface area contributed by atoms with Gasteiger partial charge in [-0.1, -0.05) is 6.07 Å². The number of nitrogens with one attached hydrogen (secondary N) is 1. The molecule has 5 nitrogen and oxygen atoms in total. The molecule has 0 spiro atoms. The van der Waals surface area contributed by atoms with Crippen molar-refractivity contribution in [3.05, 3.63) is 81.1 Å². The van der Waals surface area contributed by atoms with Gasteiger partial charge in [0.2, 0.25) is 5.91 Å². The lowest BCUT2D eigenvalue weighted by molar-refractivity contribution is -0.115. The van der Waals surface area contributed by atoms with Gasteiger partial charge >= 0.3 is 0 Å². The number of aromatic nitrogens is 3. The molecule has 0 saturated heterocycles. The fourth-order valence-corrected chi connectivity index (χ4v) is 4.88. The number of thiazole rings is 2. The van der Waals surface area contributed by atoms with Crippen molar-refractivity contribution in [3.63, 3.8) is 0 Å². The SMILES string of the molecule is Cc1ccc(C)n1-c1nc(CC(=O)Nc2ncc(Cc3ccc(F)c(F)c3)s2)cs1. The molecular formula is C21H18F2N4OS2. The van der Waals surface area contributed by atoms with Crippen LogP contribution in [-0.2, 0) is 17.6 Å². The number of anilines is 1. The molecule has 0 fully saturated rings. The summed E-state index contributed by atoms with van der Waals surface area (Å²) in [6.07, 6.45) is 2.18. The van der Waals surface area contributed by atoms with E-state index in [0.29, 0.717) is 22.8 Å². The number of amides is 1.